The number of hydrogen-bond acceptors (Lipinski definition) is 2. The molecule has 0 aromatic rings. The maximum Gasteiger partial charge on any atom is 0.0590 e. The Balaban J connectivity index is 1.90. The van der Waals surface area contributed by atoms with Crippen LogP contribution in [-0.4, -0.2) is 26.3 Å². The second-order valence-electron chi connectivity index (χ2n) is 4.87. The quantitative estimate of drug-likeness (QED) is 0.657. The summed E-state index contributed by atoms with van der Waals surface area (Å²) in [6.07, 6.45) is 7.17. The fourth-order valence-electron chi connectivity index (χ4n) is 2.54. The van der Waals surface area contributed by atoms with E-state index in [9.17, 15) is 0 Å². The zero-order valence-corrected chi connectivity index (χ0v) is 10.4. The van der Waals surface area contributed by atoms with Gasteiger partial charge in [0.25, 0.3) is 0 Å². The first-order valence-electron chi connectivity index (χ1n) is 6.61. The van der Waals surface area contributed by atoms with Crippen molar-refractivity contribution in [1.29, 1.82) is 0 Å². The van der Waals surface area contributed by atoms with Crippen LogP contribution in [0.5, 0.6) is 0 Å². The molecule has 0 radical (unpaired) electrons. The van der Waals surface area contributed by atoms with Crippen molar-refractivity contribution in [1.82, 2.24) is 5.32 Å². The third kappa shape index (κ3) is 6.16. The molecule has 0 aromatic heterocycles. The van der Waals surface area contributed by atoms with Crippen molar-refractivity contribution in [2.45, 2.75) is 46.0 Å². The van der Waals surface area contributed by atoms with E-state index in [-0.39, 0.29) is 0 Å². The minimum atomic E-state index is 0.835. The van der Waals surface area contributed by atoms with E-state index in [4.69, 9.17) is 4.74 Å². The Labute approximate surface area is 94.8 Å². The lowest BCUT2D eigenvalue weighted by Crippen LogP contribution is -2.24. The Morgan fingerprint density at radius 2 is 2.13 bits per heavy atom. The Hall–Kier alpha value is -0.0800. The molecule has 1 fully saturated rings. The zero-order valence-electron chi connectivity index (χ0n) is 10.4. The molecule has 2 unspecified atom stereocenters. The van der Waals surface area contributed by atoms with Crippen molar-refractivity contribution >= 4 is 0 Å². The minimum Gasteiger partial charge on any atom is -0.380 e. The molecule has 0 spiro atoms. The lowest BCUT2D eigenvalue weighted by atomic mass is 9.81. The molecule has 0 heterocycles. The summed E-state index contributed by atoms with van der Waals surface area (Å²) in [6.45, 7) is 8.32. The van der Waals surface area contributed by atoms with E-state index in [0.29, 0.717) is 0 Å². The van der Waals surface area contributed by atoms with E-state index in [1.165, 1.54) is 38.6 Å². The van der Waals surface area contributed by atoms with Gasteiger partial charge in [-0.25, -0.2) is 0 Å². The average Bonchev–Trinajstić information content (AvgIpc) is 2.23. The van der Waals surface area contributed by atoms with Crippen molar-refractivity contribution in [2.24, 2.45) is 11.8 Å². The topological polar surface area (TPSA) is 21.3 Å². The fraction of sp³-hybridized carbons (Fsp3) is 1.00. The number of ether oxygens (including phenoxy) is 1. The summed E-state index contributed by atoms with van der Waals surface area (Å²) >= 11 is 0. The highest BCUT2D eigenvalue weighted by Gasteiger charge is 2.17. The monoisotopic (exact) mass is 213 g/mol. The highest BCUT2D eigenvalue weighted by Crippen LogP contribution is 2.30. The maximum absolute atomic E-state index is 5.28. The van der Waals surface area contributed by atoms with Gasteiger partial charge in [-0.1, -0.05) is 26.2 Å². The van der Waals surface area contributed by atoms with Gasteiger partial charge in [-0.05, 0) is 38.1 Å². The summed E-state index contributed by atoms with van der Waals surface area (Å²) < 4.78 is 5.28. The van der Waals surface area contributed by atoms with Gasteiger partial charge in [0.2, 0.25) is 0 Å². The normalized spacial score (nSPS) is 26.8. The Morgan fingerprint density at radius 3 is 2.87 bits per heavy atom. The number of nitrogens with one attached hydrogen (secondary N) is 1. The van der Waals surface area contributed by atoms with Crippen LogP contribution in [-0.2, 0) is 4.74 Å². The van der Waals surface area contributed by atoms with Crippen LogP contribution < -0.4 is 5.32 Å². The van der Waals surface area contributed by atoms with Crippen molar-refractivity contribution in [3.63, 3.8) is 0 Å². The molecule has 2 heteroatoms. The molecule has 0 aliphatic heterocycles. The van der Waals surface area contributed by atoms with Crippen molar-refractivity contribution in [3.05, 3.63) is 0 Å². The Morgan fingerprint density at radius 1 is 1.27 bits per heavy atom. The largest absolute Gasteiger partial charge is 0.380 e. The molecule has 1 aliphatic carbocycles. The van der Waals surface area contributed by atoms with Gasteiger partial charge in [-0.2, -0.15) is 0 Å². The molecule has 1 N–H and O–H groups in total. The molecule has 15 heavy (non-hydrogen) atoms. The van der Waals surface area contributed by atoms with Crippen LogP contribution in [0.3, 0.4) is 0 Å². The van der Waals surface area contributed by atoms with Crippen molar-refractivity contribution < 1.29 is 4.74 Å². The highest BCUT2D eigenvalue weighted by molar-refractivity contribution is 4.71. The maximum atomic E-state index is 5.28. The molecule has 1 aliphatic rings. The second-order valence-corrected chi connectivity index (χ2v) is 4.87. The third-order valence-corrected chi connectivity index (χ3v) is 3.40. The van der Waals surface area contributed by atoms with Crippen LogP contribution in [0.25, 0.3) is 0 Å². The molecule has 1 saturated carbocycles. The smallest absolute Gasteiger partial charge is 0.0590 e. The van der Waals surface area contributed by atoms with Crippen LogP contribution in [0, 0.1) is 11.8 Å². The molecule has 1 rings (SSSR count). The first-order chi connectivity index (χ1) is 7.33. The predicted molar refractivity (Wildman–Crippen MR) is 65.1 cm³/mol. The van der Waals surface area contributed by atoms with Crippen LogP contribution in [0.4, 0.5) is 0 Å². The first kappa shape index (κ1) is 13.0. The molecule has 2 atom stereocenters. The van der Waals surface area contributed by atoms with E-state index >= 15 is 0 Å². The lowest BCUT2D eigenvalue weighted by molar-refractivity contribution is 0.148. The van der Waals surface area contributed by atoms with Gasteiger partial charge in [0.15, 0.2) is 0 Å². The van der Waals surface area contributed by atoms with Crippen molar-refractivity contribution in [2.75, 3.05) is 26.3 Å². The van der Waals surface area contributed by atoms with Crippen molar-refractivity contribution in [3.8, 4) is 0 Å². The summed E-state index contributed by atoms with van der Waals surface area (Å²) in [5.74, 6) is 1.94. The molecule has 0 bridgehead atoms. The summed E-state index contributed by atoms with van der Waals surface area (Å²) in [5.41, 5.74) is 0. The average molecular weight is 213 g/mol. The zero-order chi connectivity index (χ0) is 10.9. The second kappa shape index (κ2) is 8.12. The predicted octanol–water partition coefficient (Wildman–Crippen LogP) is 2.83. The summed E-state index contributed by atoms with van der Waals surface area (Å²) in [4.78, 5) is 0. The van der Waals surface area contributed by atoms with Gasteiger partial charge in [0.1, 0.15) is 0 Å². The molecule has 2 nitrogen and oxygen atoms in total. The van der Waals surface area contributed by atoms with E-state index in [2.05, 4.69) is 12.2 Å². The Kier molecular flexibility index (Phi) is 7.03. The summed E-state index contributed by atoms with van der Waals surface area (Å²) in [6, 6.07) is 0. The van der Waals surface area contributed by atoms with E-state index < -0.39 is 0 Å². The molecule has 0 saturated heterocycles. The van der Waals surface area contributed by atoms with Gasteiger partial charge < -0.3 is 10.1 Å². The van der Waals surface area contributed by atoms with Gasteiger partial charge in [-0.15, -0.1) is 0 Å². The number of hydrogen-bond donors (Lipinski definition) is 1. The van der Waals surface area contributed by atoms with Gasteiger partial charge in [0, 0.05) is 13.2 Å². The molecule has 90 valence electrons. The molecular formula is C13H27NO. The Bertz CT molecular complexity index is 149. The standard InChI is InChI=1S/C13H27NO/c1-3-15-10-9-14-8-7-13-6-4-5-12(2)11-13/h12-14H,3-11H2,1-2H3. The van der Waals surface area contributed by atoms with Gasteiger partial charge in [-0.3, -0.25) is 0 Å². The third-order valence-electron chi connectivity index (χ3n) is 3.40. The van der Waals surface area contributed by atoms with Crippen LogP contribution in [0.1, 0.15) is 46.0 Å². The highest BCUT2D eigenvalue weighted by atomic mass is 16.5. The van der Waals surface area contributed by atoms with Gasteiger partial charge in [0.05, 0.1) is 6.61 Å². The van der Waals surface area contributed by atoms with E-state index in [1.54, 1.807) is 0 Å². The summed E-state index contributed by atoms with van der Waals surface area (Å²) in [7, 11) is 0. The van der Waals surface area contributed by atoms with Gasteiger partial charge >= 0.3 is 0 Å². The SMILES string of the molecule is CCOCCNCCC1CCCC(C)C1. The fourth-order valence-corrected chi connectivity index (χ4v) is 2.54. The minimum absolute atomic E-state index is 0.835. The van der Waals surface area contributed by atoms with Crippen LogP contribution in [0.15, 0.2) is 0 Å². The molecule has 0 aromatic carbocycles. The summed E-state index contributed by atoms with van der Waals surface area (Å²) in [5, 5.41) is 3.46. The number of rotatable bonds is 7. The first-order valence-corrected chi connectivity index (χ1v) is 6.61. The molecule has 0 amide bonds. The van der Waals surface area contributed by atoms with Crippen LogP contribution >= 0.6 is 0 Å². The van der Waals surface area contributed by atoms with Crippen LogP contribution in [0.2, 0.25) is 0 Å². The molecular weight excluding hydrogens is 186 g/mol. The van der Waals surface area contributed by atoms with E-state index in [0.717, 1.165) is 31.6 Å². The lowest BCUT2D eigenvalue weighted by Gasteiger charge is -2.26. The van der Waals surface area contributed by atoms with E-state index in [1.807, 2.05) is 6.92 Å².